The molecule has 2 aromatic rings. The summed E-state index contributed by atoms with van der Waals surface area (Å²) < 4.78 is 29.3. The lowest BCUT2D eigenvalue weighted by Gasteiger charge is -2.30. The van der Waals surface area contributed by atoms with Crippen LogP contribution in [0.25, 0.3) is 0 Å². The molecular formula is C19H25ClN4O3S. The van der Waals surface area contributed by atoms with Crippen molar-refractivity contribution in [3.8, 4) is 0 Å². The number of hydrogen-bond acceptors (Lipinski definition) is 4. The Kier molecular flexibility index (Phi) is 5.84. The van der Waals surface area contributed by atoms with Crippen LogP contribution in [0.1, 0.15) is 41.5 Å². The summed E-state index contributed by atoms with van der Waals surface area (Å²) in [5.41, 5.74) is 2.36. The summed E-state index contributed by atoms with van der Waals surface area (Å²) in [5, 5.41) is 7.22. The van der Waals surface area contributed by atoms with E-state index < -0.39 is 15.9 Å². The van der Waals surface area contributed by atoms with E-state index in [0.29, 0.717) is 30.4 Å². The molecule has 9 heteroatoms. The van der Waals surface area contributed by atoms with Gasteiger partial charge in [0.05, 0.1) is 22.1 Å². The Bertz CT molecular complexity index is 1020. The maximum Gasteiger partial charge on any atom is 0.255 e. The van der Waals surface area contributed by atoms with Crippen LogP contribution >= 0.6 is 11.6 Å². The third-order valence-electron chi connectivity index (χ3n) is 5.18. The summed E-state index contributed by atoms with van der Waals surface area (Å²) in [5.74, 6) is -0.107. The van der Waals surface area contributed by atoms with Gasteiger partial charge in [-0.2, -0.15) is 9.40 Å². The highest BCUT2D eigenvalue weighted by Crippen LogP contribution is 2.29. The molecule has 1 aliphatic rings. The van der Waals surface area contributed by atoms with Crippen molar-refractivity contribution in [1.82, 2.24) is 14.1 Å². The van der Waals surface area contributed by atoms with Crippen LogP contribution in [0.3, 0.4) is 0 Å². The zero-order valence-electron chi connectivity index (χ0n) is 16.5. The summed E-state index contributed by atoms with van der Waals surface area (Å²) in [6, 6.07) is 4.34. The van der Waals surface area contributed by atoms with Gasteiger partial charge in [-0.25, -0.2) is 8.42 Å². The number of aromatic nitrogens is 2. The second-order valence-electron chi connectivity index (χ2n) is 7.38. The lowest BCUT2D eigenvalue weighted by atomic mass is 10.0. The summed E-state index contributed by atoms with van der Waals surface area (Å²) in [7, 11) is -1.97. The fourth-order valence-electron chi connectivity index (χ4n) is 3.49. The lowest BCUT2D eigenvalue weighted by molar-refractivity contribution is 0.102. The van der Waals surface area contributed by atoms with Crippen molar-refractivity contribution >= 4 is 33.2 Å². The molecule has 1 N–H and O–H groups in total. The first-order valence-corrected chi connectivity index (χ1v) is 11.0. The number of benzene rings is 1. The molecule has 1 saturated heterocycles. The summed E-state index contributed by atoms with van der Waals surface area (Å²) in [6.45, 7) is 6.62. The monoisotopic (exact) mass is 424 g/mol. The van der Waals surface area contributed by atoms with E-state index in [1.165, 1.54) is 22.5 Å². The van der Waals surface area contributed by atoms with Gasteiger partial charge < -0.3 is 5.32 Å². The molecule has 1 aromatic carbocycles. The van der Waals surface area contributed by atoms with Gasteiger partial charge in [-0.3, -0.25) is 9.48 Å². The average molecular weight is 425 g/mol. The normalized spacial score (nSPS) is 18.2. The molecule has 1 aromatic heterocycles. The number of sulfonamides is 1. The Morgan fingerprint density at radius 3 is 2.64 bits per heavy atom. The first-order chi connectivity index (χ1) is 13.1. The van der Waals surface area contributed by atoms with Gasteiger partial charge in [0.25, 0.3) is 5.91 Å². The van der Waals surface area contributed by atoms with Gasteiger partial charge in [0.15, 0.2) is 0 Å². The lowest BCUT2D eigenvalue weighted by Crippen LogP contribution is -2.39. The molecule has 152 valence electrons. The molecule has 0 unspecified atom stereocenters. The van der Waals surface area contributed by atoms with E-state index >= 15 is 0 Å². The van der Waals surface area contributed by atoms with Crippen molar-refractivity contribution in [2.24, 2.45) is 13.0 Å². The number of carbonyl (C=O) groups excluding carboxylic acids is 1. The van der Waals surface area contributed by atoms with Gasteiger partial charge in [0.1, 0.15) is 4.90 Å². The molecule has 0 aliphatic carbocycles. The minimum absolute atomic E-state index is 0.0319. The second-order valence-corrected chi connectivity index (χ2v) is 9.69. The van der Waals surface area contributed by atoms with Crippen molar-refractivity contribution in [3.05, 3.63) is 40.2 Å². The van der Waals surface area contributed by atoms with E-state index in [4.69, 9.17) is 11.6 Å². The molecule has 28 heavy (non-hydrogen) atoms. The topological polar surface area (TPSA) is 84.3 Å². The predicted octanol–water partition coefficient (Wildman–Crippen LogP) is 3.36. The number of anilines is 1. The summed E-state index contributed by atoms with van der Waals surface area (Å²) in [4.78, 5) is 12.7. The third-order valence-corrected chi connectivity index (χ3v) is 7.53. The number of carbonyl (C=O) groups is 1. The molecule has 2 heterocycles. The Balaban J connectivity index is 1.91. The van der Waals surface area contributed by atoms with Crippen LogP contribution in [-0.4, -0.2) is 41.5 Å². The fraction of sp³-hybridized carbons (Fsp3) is 0.474. The maximum atomic E-state index is 13.1. The Morgan fingerprint density at radius 2 is 2.04 bits per heavy atom. The van der Waals surface area contributed by atoms with Crippen LogP contribution in [0.5, 0.6) is 0 Å². The van der Waals surface area contributed by atoms with Crippen molar-refractivity contribution in [2.45, 2.75) is 38.5 Å². The third kappa shape index (κ3) is 3.94. The van der Waals surface area contributed by atoms with Gasteiger partial charge in [0.2, 0.25) is 10.0 Å². The van der Waals surface area contributed by atoms with Crippen LogP contribution in [-0.2, 0) is 17.1 Å². The van der Waals surface area contributed by atoms with Gasteiger partial charge in [-0.15, -0.1) is 0 Å². The molecule has 1 fully saturated rings. The zero-order chi connectivity index (χ0) is 20.6. The number of nitrogens with zero attached hydrogens (tertiary/aromatic N) is 3. The molecular weight excluding hydrogens is 400 g/mol. The van der Waals surface area contributed by atoms with Crippen LogP contribution < -0.4 is 5.32 Å². The second kappa shape index (κ2) is 7.85. The number of amides is 1. The number of halogens is 1. The smallest absolute Gasteiger partial charge is 0.255 e. The molecule has 1 aliphatic heterocycles. The van der Waals surface area contributed by atoms with Crippen molar-refractivity contribution in [1.29, 1.82) is 0 Å². The van der Waals surface area contributed by atoms with Gasteiger partial charge in [0, 0.05) is 25.7 Å². The SMILES string of the molecule is Cc1nn(C)c(C)c1NC(=O)c1ccc(Cl)c(S(=O)(=O)N2CCC[C@H](C)C2)c1. The van der Waals surface area contributed by atoms with Crippen LogP contribution in [0.15, 0.2) is 23.1 Å². The standard InChI is InChI=1S/C19H25ClN4O3S/c1-12-6-5-9-24(11-12)28(26,27)17-10-15(7-8-16(17)20)19(25)21-18-13(2)22-23(4)14(18)3/h7-8,10,12H,5-6,9,11H2,1-4H3,(H,21,25)/t12-/m0/s1. The maximum absolute atomic E-state index is 13.1. The molecule has 1 atom stereocenters. The number of rotatable bonds is 4. The first-order valence-electron chi connectivity index (χ1n) is 9.22. The summed E-state index contributed by atoms with van der Waals surface area (Å²) in [6.07, 6.45) is 1.82. The van der Waals surface area contributed by atoms with Crippen LogP contribution in [0.4, 0.5) is 5.69 Å². The number of piperidine rings is 1. The van der Waals surface area contributed by atoms with E-state index in [1.54, 1.807) is 18.7 Å². The van der Waals surface area contributed by atoms with Gasteiger partial charge >= 0.3 is 0 Å². The highest BCUT2D eigenvalue weighted by Gasteiger charge is 2.31. The molecule has 7 nitrogen and oxygen atoms in total. The fourth-order valence-corrected chi connectivity index (χ4v) is 5.58. The Hall–Kier alpha value is -1.90. The van der Waals surface area contributed by atoms with Gasteiger partial charge in [-0.1, -0.05) is 18.5 Å². The molecule has 0 saturated carbocycles. The number of aryl methyl sites for hydroxylation is 2. The number of nitrogens with one attached hydrogen (secondary N) is 1. The van der Waals surface area contributed by atoms with Crippen LogP contribution in [0, 0.1) is 19.8 Å². The van der Waals surface area contributed by atoms with E-state index in [2.05, 4.69) is 10.4 Å². The molecule has 3 rings (SSSR count). The number of hydrogen-bond donors (Lipinski definition) is 1. The Labute approximate surface area is 170 Å². The quantitative estimate of drug-likeness (QED) is 0.815. The molecule has 0 spiro atoms. The van der Waals surface area contributed by atoms with Crippen LogP contribution in [0.2, 0.25) is 5.02 Å². The van der Waals surface area contributed by atoms with E-state index in [-0.39, 0.29) is 15.5 Å². The van der Waals surface area contributed by atoms with Crippen molar-refractivity contribution in [3.63, 3.8) is 0 Å². The van der Waals surface area contributed by atoms with E-state index in [0.717, 1.165) is 18.5 Å². The van der Waals surface area contributed by atoms with Crippen molar-refractivity contribution in [2.75, 3.05) is 18.4 Å². The molecule has 0 radical (unpaired) electrons. The minimum atomic E-state index is -3.76. The largest absolute Gasteiger partial charge is 0.319 e. The Morgan fingerprint density at radius 1 is 1.32 bits per heavy atom. The predicted molar refractivity (Wildman–Crippen MR) is 109 cm³/mol. The highest BCUT2D eigenvalue weighted by molar-refractivity contribution is 7.89. The van der Waals surface area contributed by atoms with E-state index in [1.807, 2.05) is 13.8 Å². The van der Waals surface area contributed by atoms with Crippen molar-refractivity contribution < 1.29 is 13.2 Å². The average Bonchev–Trinajstić information content (AvgIpc) is 2.88. The summed E-state index contributed by atoms with van der Waals surface area (Å²) >= 11 is 6.20. The van der Waals surface area contributed by atoms with Gasteiger partial charge in [-0.05, 0) is 50.8 Å². The highest BCUT2D eigenvalue weighted by atomic mass is 35.5. The molecule has 1 amide bonds. The molecule has 0 bridgehead atoms. The minimum Gasteiger partial charge on any atom is -0.319 e. The zero-order valence-corrected chi connectivity index (χ0v) is 18.1. The van der Waals surface area contributed by atoms with E-state index in [9.17, 15) is 13.2 Å². The first kappa shape index (κ1) is 20.8.